The van der Waals surface area contributed by atoms with Crippen molar-refractivity contribution in [3.8, 4) is 16.9 Å². The third kappa shape index (κ3) is 12.2. The Morgan fingerprint density at radius 2 is 1.51 bits per heavy atom. The van der Waals surface area contributed by atoms with Crippen molar-refractivity contribution in [3.05, 3.63) is 125 Å². The van der Waals surface area contributed by atoms with Crippen molar-refractivity contribution in [1.82, 2.24) is 15.7 Å². The van der Waals surface area contributed by atoms with Gasteiger partial charge in [0.05, 0.1) is 24.9 Å². The number of unbranched alkanes of at least 4 members (excludes halogenated alkanes) is 3. The van der Waals surface area contributed by atoms with Crippen molar-refractivity contribution in [3.63, 3.8) is 0 Å². The molecule has 0 spiro atoms. The minimum absolute atomic E-state index is 0.0216. The van der Waals surface area contributed by atoms with Gasteiger partial charge in [-0.1, -0.05) is 85.6 Å². The van der Waals surface area contributed by atoms with E-state index in [4.69, 9.17) is 14.7 Å². The van der Waals surface area contributed by atoms with E-state index in [0.29, 0.717) is 44.5 Å². The maximum Gasteiger partial charge on any atom is 0.243 e. The molecule has 1 aliphatic rings. The molecule has 1 fully saturated rings. The van der Waals surface area contributed by atoms with E-state index in [2.05, 4.69) is 17.4 Å². The van der Waals surface area contributed by atoms with E-state index in [1.165, 1.54) is 0 Å². The molecule has 4 unspecified atom stereocenters. The van der Waals surface area contributed by atoms with Crippen LogP contribution in [0.25, 0.3) is 11.1 Å². The number of hydroxylamine groups is 1. The highest BCUT2D eigenvalue weighted by Gasteiger charge is 2.33. The maximum atomic E-state index is 12.5. The molecule has 1 saturated heterocycles. The minimum Gasteiger partial charge on any atom is -0.508 e. The molecular weight excluding hydrogens is 674 g/mol. The number of benzene rings is 4. The van der Waals surface area contributed by atoms with Crippen molar-refractivity contribution in [2.75, 3.05) is 20.1 Å². The summed E-state index contributed by atoms with van der Waals surface area (Å²) >= 11 is 0. The largest absolute Gasteiger partial charge is 0.508 e. The van der Waals surface area contributed by atoms with Crippen LogP contribution in [0.3, 0.4) is 0 Å². The van der Waals surface area contributed by atoms with Crippen LogP contribution in [0.1, 0.15) is 91.3 Å². The van der Waals surface area contributed by atoms with Crippen molar-refractivity contribution >= 4 is 11.8 Å². The molecule has 282 valence electrons. The number of nitrogens with zero attached hydrogens (tertiary/aromatic N) is 1. The first-order valence-corrected chi connectivity index (χ1v) is 18.3. The molecule has 1 heterocycles. The fourth-order valence-corrected chi connectivity index (χ4v) is 6.58. The number of phenolic OH excluding ortho intramolecular Hbond substituents is 1. The normalized spacial score (nSPS) is 17.7. The molecule has 5 rings (SSSR count). The summed E-state index contributed by atoms with van der Waals surface area (Å²) in [6.07, 6.45) is 2.42. The maximum absolute atomic E-state index is 12.5. The Bertz CT molecular complexity index is 1770. The number of likely N-dealkylation sites (N-methyl/N-ethyl adjacent to an activating group) is 1. The highest BCUT2D eigenvalue weighted by Crippen LogP contribution is 2.39. The van der Waals surface area contributed by atoms with E-state index < -0.39 is 18.3 Å². The predicted molar refractivity (Wildman–Crippen MR) is 200 cm³/mol. The first kappa shape index (κ1) is 39.6. The summed E-state index contributed by atoms with van der Waals surface area (Å²) in [6, 6.07) is 30.5. The van der Waals surface area contributed by atoms with Crippen molar-refractivity contribution in [2.45, 2.75) is 82.7 Å². The summed E-state index contributed by atoms with van der Waals surface area (Å²) in [5, 5.41) is 41.9. The number of aliphatic hydroxyl groups excluding tert-OH is 2. The molecule has 0 bridgehead atoms. The number of nitrogens with one attached hydrogen (secondary N) is 2. The van der Waals surface area contributed by atoms with Gasteiger partial charge in [-0.2, -0.15) is 0 Å². The molecule has 53 heavy (non-hydrogen) atoms. The number of rotatable bonds is 18. The predicted octanol–water partition coefficient (Wildman–Crippen LogP) is 6.22. The second kappa shape index (κ2) is 20.0. The first-order chi connectivity index (χ1) is 25.7. The van der Waals surface area contributed by atoms with Gasteiger partial charge in [0.1, 0.15) is 5.75 Å². The number of phenols is 1. The van der Waals surface area contributed by atoms with Crippen molar-refractivity contribution in [2.24, 2.45) is 0 Å². The summed E-state index contributed by atoms with van der Waals surface area (Å²) < 4.78 is 13.2. The molecule has 0 radical (unpaired) electrons. The Kier molecular flexibility index (Phi) is 14.9. The third-order valence-electron chi connectivity index (χ3n) is 9.46. The number of carbonyl (C=O) groups is 2. The van der Waals surface area contributed by atoms with E-state index >= 15 is 0 Å². The summed E-state index contributed by atoms with van der Waals surface area (Å²) in [7, 11) is 1.94. The van der Waals surface area contributed by atoms with Crippen LogP contribution in [0.2, 0.25) is 0 Å². The zero-order valence-corrected chi connectivity index (χ0v) is 30.2. The molecule has 11 nitrogen and oxygen atoms in total. The van der Waals surface area contributed by atoms with Crippen LogP contribution in [0.4, 0.5) is 0 Å². The molecule has 2 amide bonds. The molecule has 6 N–H and O–H groups in total. The lowest BCUT2D eigenvalue weighted by Gasteiger charge is -2.38. The average molecular weight is 726 g/mol. The lowest BCUT2D eigenvalue weighted by molar-refractivity contribution is -0.252. The van der Waals surface area contributed by atoms with Crippen LogP contribution in [-0.2, 0) is 32.2 Å². The summed E-state index contributed by atoms with van der Waals surface area (Å²) in [5.41, 5.74) is 7.90. The molecule has 0 aromatic heterocycles. The topological polar surface area (TPSA) is 161 Å². The Balaban J connectivity index is 1.23. The summed E-state index contributed by atoms with van der Waals surface area (Å²) in [5.74, 6) is -0.303. The van der Waals surface area contributed by atoms with Crippen LogP contribution in [-0.4, -0.2) is 63.5 Å². The SMILES string of the molecule is CN(CC1CC(c2ccc(CO)cc2)OC(c2cccc(-c3cccc(CNC(=O)CCCCCCC(=O)NO)c3)c2)O1)CC(O)c1cccc(O)c1. The highest BCUT2D eigenvalue weighted by molar-refractivity contribution is 5.76. The minimum atomic E-state index is -0.782. The Hall–Kier alpha value is -4.62. The molecule has 1 aliphatic heterocycles. The van der Waals surface area contributed by atoms with Crippen LogP contribution < -0.4 is 10.8 Å². The van der Waals surface area contributed by atoms with Gasteiger partial charge in [0, 0.05) is 44.5 Å². The zero-order valence-electron chi connectivity index (χ0n) is 30.2. The Morgan fingerprint density at radius 3 is 2.23 bits per heavy atom. The number of hydrogen-bond acceptors (Lipinski definition) is 9. The van der Waals surface area contributed by atoms with Gasteiger partial charge < -0.3 is 35.0 Å². The van der Waals surface area contributed by atoms with Gasteiger partial charge in [0.2, 0.25) is 11.8 Å². The summed E-state index contributed by atoms with van der Waals surface area (Å²) in [4.78, 5) is 25.6. The monoisotopic (exact) mass is 725 g/mol. The summed E-state index contributed by atoms with van der Waals surface area (Å²) in [6.45, 7) is 1.26. The number of amides is 2. The van der Waals surface area contributed by atoms with Crippen LogP contribution in [0.15, 0.2) is 97.1 Å². The number of ether oxygens (including phenoxy) is 2. The van der Waals surface area contributed by atoms with Gasteiger partial charge in [-0.25, -0.2) is 5.48 Å². The number of carbonyl (C=O) groups excluding carboxylic acids is 2. The fourth-order valence-electron chi connectivity index (χ4n) is 6.58. The molecule has 4 aromatic carbocycles. The van der Waals surface area contributed by atoms with Crippen LogP contribution in [0, 0.1) is 0 Å². The van der Waals surface area contributed by atoms with E-state index in [1.54, 1.807) is 29.7 Å². The van der Waals surface area contributed by atoms with Crippen LogP contribution in [0.5, 0.6) is 5.75 Å². The van der Waals surface area contributed by atoms with Crippen LogP contribution >= 0.6 is 0 Å². The Labute approximate surface area is 311 Å². The average Bonchev–Trinajstić information content (AvgIpc) is 3.18. The second-order valence-corrected chi connectivity index (χ2v) is 13.7. The van der Waals surface area contributed by atoms with E-state index in [9.17, 15) is 24.9 Å². The molecule has 11 heteroatoms. The fraction of sp³-hybridized carbons (Fsp3) is 0.381. The van der Waals surface area contributed by atoms with E-state index in [1.807, 2.05) is 72.6 Å². The molecule has 0 aliphatic carbocycles. The Morgan fingerprint density at radius 1 is 0.811 bits per heavy atom. The standard InChI is InChI=1S/C42H51N3O8/c1-45(27-38(48)34-12-8-14-36(47)23-34)26-37-24-39(31-19-17-29(28-46)18-20-31)53-42(52-37)35-13-7-11-33(22-35)32-10-6-9-30(21-32)25-43-40(49)15-4-2-3-5-16-41(50)44-51/h6-14,17-23,37-39,42,46-48,51H,2-5,15-16,24-28H2,1H3,(H,43,49)(H,44,50). The van der Waals surface area contributed by atoms with E-state index in [-0.39, 0.29) is 36.9 Å². The quantitative estimate of drug-likeness (QED) is 0.0397. The van der Waals surface area contributed by atoms with E-state index in [0.717, 1.165) is 52.6 Å². The second-order valence-electron chi connectivity index (χ2n) is 13.7. The van der Waals surface area contributed by atoms with Gasteiger partial charge in [-0.15, -0.1) is 0 Å². The highest BCUT2D eigenvalue weighted by atomic mass is 16.7. The molecule has 4 atom stereocenters. The van der Waals surface area contributed by atoms with Crippen molar-refractivity contribution in [1.29, 1.82) is 0 Å². The number of aromatic hydroxyl groups is 1. The number of hydrogen-bond donors (Lipinski definition) is 6. The van der Waals surface area contributed by atoms with Gasteiger partial charge >= 0.3 is 0 Å². The lowest BCUT2D eigenvalue weighted by Crippen LogP contribution is -2.39. The zero-order chi connectivity index (χ0) is 37.6. The van der Waals surface area contributed by atoms with Gasteiger partial charge in [-0.05, 0) is 77.5 Å². The molecule has 0 saturated carbocycles. The number of aliphatic hydroxyl groups is 2. The van der Waals surface area contributed by atoms with Crippen molar-refractivity contribution < 1.29 is 39.6 Å². The first-order valence-electron chi connectivity index (χ1n) is 18.3. The lowest BCUT2D eigenvalue weighted by atomic mass is 9.98. The molecule has 4 aromatic rings. The molecular formula is C42H51N3O8. The van der Waals surface area contributed by atoms with Gasteiger partial charge in [-0.3, -0.25) is 14.8 Å². The van der Waals surface area contributed by atoms with Gasteiger partial charge in [0.25, 0.3) is 0 Å². The smallest absolute Gasteiger partial charge is 0.243 e. The van der Waals surface area contributed by atoms with Gasteiger partial charge in [0.15, 0.2) is 6.29 Å². The third-order valence-corrected chi connectivity index (χ3v) is 9.46.